The van der Waals surface area contributed by atoms with Gasteiger partial charge in [-0.2, -0.15) is 0 Å². The first-order valence-corrected chi connectivity index (χ1v) is 9.12. The molecule has 1 aliphatic heterocycles. The maximum atomic E-state index is 12.8. The molecule has 10 heteroatoms. The third kappa shape index (κ3) is 4.01. The van der Waals surface area contributed by atoms with E-state index >= 15 is 0 Å². The third-order valence-electron chi connectivity index (χ3n) is 4.32. The first kappa shape index (κ1) is 21.0. The highest BCUT2D eigenvalue weighted by molar-refractivity contribution is 6.35. The van der Waals surface area contributed by atoms with Gasteiger partial charge in [-0.05, 0) is 49.4 Å². The standard InChI is InChI=1S/C20H16ClN3O6/c1-10(16(25)23-20(29)22-2)30-19(28)11-3-8-14-15(9-11)18(27)24(17(14)26)13-6-4-12(21)5-7-13/h3-10H,1-2H3,(H2,22,23,25,29). The van der Waals surface area contributed by atoms with E-state index in [1.54, 1.807) is 12.1 Å². The highest BCUT2D eigenvalue weighted by Gasteiger charge is 2.37. The van der Waals surface area contributed by atoms with E-state index in [1.165, 1.54) is 44.3 Å². The van der Waals surface area contributed by atoms with Crippen molar-refractivity contribution in [2.45, 2.75) is 13.0 Å². The minimum atomic E-state index is -1.26. The van der Waals surface area contributed by atoms with Crippen LogP contribution in [0.3, 0.4) is 0 Å². The molecule has 0 aromatic heterocycles. The van der Waals surface area contributed by atoms with E-state index in [9.17, 15) is 24.0 Å². The Balaban J connectivity index is 1.79. The van der Waals surface area contributed by atoms with E-state index in [-0.39, 0.29) is 16.7 Å². The topological polar surface area (TPSA) is 122 Å². The van der Waals surface area contributed by atoms with Crippen LogP contribution >= 0.6 is 11.6 Å². The predicted molar refractivity (Wildman–Crippen MR) is 107 cm³/mol. The number of urea groups is 1. The molecule has 0 fully saturated rings. The van der Waals surface area contributed by atoms with Crippen LogP contribution in [-0.2, 0) is 9.53 Å². The first-order chi connectivity index (χ1) is 14.2. The summed E-state index contributed by atoms with van der Waals surface area (Å²) in [6.45, 7) is 1.29. The number of nitrogens with one attached hydrogen (secondary N) is 2. The fourth-order valence-corrected chi connectivity index (χ4v) is 2.88. The van der Waals surface area contributed by atoms with Crippen molar-refractivity contribution in [1.29, 1.82) is 0 Å². The SMILES string of the molecule is CNC(=O)NC(=O)C(C)OC(=O)c1ccc2c(c1)C(=O)N(c1ccc(Cl)cc1)C2=O. The summed E-state index contributed by atoms with van der Waals surface area (Å²) in [5.41, 5.74) is 0.491. The lowest BCUT2D eigenvalue weighted by Crippen LogP contribution is -2.43. The summed E-state index contributed by atoms with van der Waals surface area (Å²) in [6, 6.07) is 9.32. The smallest absolute Gasteiger partial charge is 0.338 e. The maximum absolute atomic E-state index is 12.8. The molecular weight excluding hydrogens is 414 g/mol. The van der Waals surface area contributed by atoms with Gasteiger partial charge < -0.3 is 10.1 Å². The van der Waals surface area contributed by atoms with E-state index in [4.69, 9.17) is 16.3 Å². The molecule has 154 valence electrons. The number of nitrogens with zero attached hydrogens (tertiary/aromatic N) is 1. The van der Waals surface area contributed by atoms with Gasteiger partial charge in [-0.1, -0.05) is 11.6 Å². The van der Waals surface area contributed by atoms with Crippen LogP contribution in [0.15, 0.2) is 42.5 Å². The second kappa shape index (κ2) is 8.34. The van der Waals surface area contributed by atoms with E-state index in [1.807, 2.05) is 5.32 Å². The van der Waals surface area contributed by atoms with E-state index in [0.717, 1.165) is 4.90 Å². The van der Waals surface area contributed by atoms with Crippen molar-refractivity contribution in [2.75, 3.05) is 11.9 Å². The average Bonchev–Trinajstić information content (AvgIpc) is 2.98. The van der Waals surface area contributed by atoms with Crippen molar-refractivity contribution >= 4 is 47.0 Å². The molecule has 2 aromatic rings. The Morgan fingerprint density at radius 1 is 1.00 bits per heavy atom. The number of fused-ring (bicyclic) bond motifs is 1. The van der Waals surface area contributed by atoms with Crippen molar-refractivity contribution in [3.05, 3.63) is 64.2 Å². The molecule has 0 saturated carbocycles. The molecule has 0 aliphatic carbocycles. The molecule has 30 heavy (non-hydrogen) atoms. The molecule has 2 N–H and O–H groups in total. The van der Waals surface area contributed by atoms with Gasteiger partial charge in [0.05, 0.1) is 22.4 Å². The zero-order chi connectivity index (χ0) is 22.0. The molecule has 1 heterocycles. The number of ether oxygens (including phenoxy) is 1. The highest BCUT2D eigenvalue weighted by atomic mass is 35.5. The lowest BCUT2D eigenvalue weighted by molar-refractivity contribution is -0.127. The zero-order valence-electron chi connectivity index (χ0n) is 15.9. The molecule has 5 amide bonds. The lowest BCUT2D eigenvalue weighted by atomic mass is 10.1. The second-order valence-corrected chi connectivity index (χ2v) is 6.73. The van der Waals surface area contributed by atoms with Crippen molar-refractivity contribution < 1.29 is 28.7 Å². The molecule has 0 saturated heterocycles. The molecule has 2 aromatic carbocycles. The van der Waals surface area contributed by atoms with Crippen LogP contribution in [0, 0.1) is 0 Å². The van der Waals surface area contributed by atoms with Gasteiger partial charge in [0, 0.05) is 12.1 Å². The van der Waals surface area contributed by atoms with Crippen molar-refractivity contribution in [2.24, 2.45) is 0 Å². The number of carbonyl (C=O) groups is 5. The molecule has 0 bridgehead atoms. The van der Waals surface area contributed by atoms with Crippen LogP contribution in [0.4, 0.5) is 10.5 Å². The number of esters is 1. The minimum absolute atomic E-state index is 0.0209. The van der Waals surface area contributed by atoms with Crippen LogP contribution in [-0.4, -0.2) is 42.9 Å². The van der Waals surface area contributed by atoms with Crippen LogP contribution in [0.1, 0.15) is 38.0 Å². The number of imide groups is 2. The van der Waals surface area contributed by atoms with Gasteiger partial charge in [0.15, 0.2) is 6.10 Å². The summed E-state index contributed by atoms with van der Waals surface area (Å²) in [5, 5.41) is 4.64. The summed E-state index contributed by atoms with van der Waals surface area (Å²) in [7, 11) is 1.33. The van der Waals surface area contributed by atoms with Gasteiger partial charge in [-0.15, -0.1) is 0 Å². The highest BCUT2D eigenvalue weighted by Crippen LogP contribution is 2.30. The Labute approximate surface area is 175 Å². The Morgan fingerprint density at radius 2 is 1.63 bits per heavy atom. The summed E-state index contributed by atoms with van der Waals surface area (Å²) in [4.78, 5) is 61.7. The monoisotopic (exact) mass is 429 g/mol. The van der Waals surface area contributed by atoms with Crippen molar-refractivity contribution in [1.82, 2.24) is 10.6 Å². The average molecular weight is 430 g/mol. The van der Waals surface area contributed by atoms with E-state index < -0.39 is 35.8 Å². The maximum Gasteiger partial charge on any atom is 0.338 e. The minimum Gasteiger partial charge on any atom is -0.449 e. The summed E-state index contributed by atoms with van der Waals surface area (Å²) < 4.78 is 5.03. The number of hydrogen-bond acceptors (Lipinski definition) is 6. The largest absolute Gasteiger partial charge is 0.449 e. The van der Waals surface area contributed by atoms with Gasteiger partial charge in [0.1, 0.15) is 0 Å². The van der Waals surface area contributed by atoms with Gasteiger partial charge in [0.25, 0.3) is 17.7 Å². The Kier molecular flexibility index (Phi) is 5.84. The van der Waals surface area contributed by atoms with Gasteiger partial charge in [0.2, 0.25) is 0 Å². The van der Waals surface area contributed by atoms with Crippen LogP contribution in [0.25, 0.3) is 0 Å². The number of rotatable bonds is 4. The Hall–Kier alpha value is -3.72. The molecular formula is C20H16ClN3O6. The Bertz CT molecular complexity index is 1070. The molecule has 1 atom stereocenters. The number of benzene rings is 2. The first-order valence-electron chi connectivity index (χ1n) is 8.75. The second-order valence-electron chi connectivity index (χ2n) is 6.30. The number of amides is 5. The summed E-state index contributed by atoms with van der Waals surface area (Å²) in [6.07, 6.45) is -1.26. The van der Waals surface area contributed by atoms with Crippen LogP contribution in [0.5, 0.6) is 0 Å². The lowest BCUT2D eigenvalue weighted by Gasteiger charge is -2.13. The van der Waals surface area contributed by atoms with Crippen molar-refractivity contribution in [3.63, 3.8) is 0 Å². The quantitative estimate of drug-likeness (QED) is 0.567. The van der Waals surface area contributed by atoms with Crippen LogP contribution in [0.2, 0.25) is 5.02 Å². The normalized spacial score (nSPS) is 13.5. The molecule has 3 rings (SSSR count). The zero-order valence-corrected chi connectivity index (χ0v) is 16.6. The van der Waals surface area contributed by atoms with Gasteiger partial charge in [-0.3, -0.25) is 19.7 Å². The number of hydrogen-bond donors (Lipinski definition) is 2. The number of halogens is 1. The molecule has 9 nitrogen and oxygen atoms in total. The summed E-state index contributed by atoms with van der Waals surface area (Å²) in [5.74, 6) is -2.83. The molecule has 0 radical (unpaired) electrons. The van der Waals surface area contributed by atoms with E-state index in [2.05, 4.69) is 5.32 Å². The fraction of sp³-hybridized carbons (Fsp3) is 0.150. The number of anilines is 1. The Morgan fingerprint density at radius 3 is 2.27 bits per heavy atom. The molecule has 0 spiro atoms. The fourth-order valence-electron chi connectivity index (χ4n) is 2.75. The molecule has 1 unspecified atom stereocenters. The van der Waals surface area contributed by atoms with E-state index in [0.29, 0.717) is 10.7 Å². The van der Waals surface area contributed by atoms with Gasteiger partial charge >= 0.3 is 12.0 Å². The van der Waals surface area contributed by atoms with Crippen LogP contribution < -0.4 is 15.5 Å². The van der Waals surface area contributed by atoms with Gasteiger partial charge in [-0.25, -0.2) is 14.5 Å². The molecule has 1 aliphatic rings. The predicted octanol–water partition coefficient (Wildman–Crippen LogP) is 2.14. The third-order valence-corrected chi connectivity index (χ3v) is 4.58. The number of carbonyl (C=O) groups excluding carboxylic acids is 5. The summed E-state index contributed by atoms with van der Waals surface area (Å²) >= 11 is 5.85. The van der Waals surface area contributed by atoms with Crippen molar-refractivity contribution in [3.8, 4) is 0 Å².